The maximum Gasteiger partial charge on any atom is 0.271 e. The summed E-state index contributed by atoms with van der Waals surface area (Å²) < 4.78 is 1.81. The standard InChI is InChI=1S/C10H11ClN4O/c1-6-3-4-7(2)15(6)14-9-8(11)10(16)13-5-12-9/h3-5H,1-2H3,(H2,12,13,14,16). The van der Waals surface area contributed by atoms with Gasteiger partial charge in [0.25, 0.3) is 5.56 Å². The normalized spacial score (nSPS) is 10.4. The number of aromatic amines is 1. The summed E-state index contributed by atoms with van der Waals surface area (Å²) in [5, 5.41) is 0.0509. The van der Waals surface area contributed by atoms with Crippen LogP contribution in [0, 0.1) is 13.8 Å². The molecule has 2 aromatic heterocycles. The molecule has 0 aliphatic heterocycles. The topological polar surface area (TPSA) is 62.7 Å². The van der Waals surface area contributed by atoms with Gasteiger partial charge in [-0.1, -0.05) is 11.6 Å². The fourth-order valence-corrected chi connectivity index (χ4v) is 1.56. The summed E-state index contributed by atoms with van der Waals surface area (Å²) in [6, 6.07) is 3.92. The highest BCUT2D eigenvalue weighted by atomic mass is 35.5. The van der Waals surface area contributed by atoms with Crippen LogP contribution >= 0.6 is 11.6 Å². The molecule has 0 aromatic carbocycles. The van der Waals surface area contributed by atoms with Crippen LogP contribution in [-0.2, 0) is 0 Å². The van der Waals surface area contributed by atoms with Crippen LogP contribution in [0.1, 0.15) is 11.4 Å². The number of nitrogens with one attached hydrogen (secondary N) is 2. The molecule has 0 fully saturated rings. The summed E-state index contributed by atoms with van der Waals surface area (Å²) in [6.07, 6.45) is 1.31. The van der Waals surface area contributed by atoms with Crippen molar-refractivity contribution in [3.05, 3.63) is 45.2 Å². The Labute approximate surface area is 97.1 Å². The van der Waals surface area contributed by atoms with E-state index in [0.29, 0.717) is 5.82 Å². The number of anilines is 1. The van der Waals surface area contributed by atoms with E-state index in [9.17, 15) is 4.79 Å². The maximum atomic E-state index is 11.3. The van der Waals surface area contributed by atoms with E-state index >= 15 is 0 Å². The third-order valence-corrected chi connectivity index (χ3v) is 2.64. The average Bonchev–Trinajstić information content (AvgIpc) is 2.56. The van der Waals surface area contributed by atoms with Crippen molar-refractivity contribution in [2.75, 3.05) is 5.43 Å². The zero-order valence-electron chi connectivity index (χ0n) is 8.91. The predicted molar refractivity (Wildman–Crippen MR) is 62.8 cm³/mol. The second-order valence-electron chi connectivity index (χ2n) is 3.46. The van der Waals surface area contributed by atoms with Gasteiger partial charge in [-0.15, -0.1) is 0 Å². The van der Waals surface area contributed by atoms with Gasteiger partial charge in [-0.25, -0.2) is 4.98 Å². The van der Waals surface area contributed by atoms with Crippen molar-refractivity contribution in [3.8, 4) is 0 Å². The van der Waals surface area contributed by atoms with Crippen molar-refractivity contribution in [3.63, 3.8) is 0 Å². The Hall–Kier alpha value is -1.75. The molecule has 0 unspecified atom stereocenters. The largest absolute Gasteiger partial charge is 0.312 e. The van der Waals surface area contributed by atoms with Crippen molar-refractivity contribution in [2.24, 2.45) is 0 Å². The van der Waals surface area contributed by atoms with Gasteiger partial charge in [0.2, 0.25) is 0 Å². The van der Waals surface area contributed by atoms with Crippen LogP contribution in [0.25, 0.3) is 0 Å². The maximum absolute atomic E-state index is 11.3. The summed E-state index contributed by atoms with van der Waals surface area (Å²) in [7, 11) is 0. The van der Waals surface area contributed by atoms with Gasteiger partial charge in [-0.05, 0) is 26.0 Å². The summed E-state index contributed by atoms with van der Waals surface area (Å²) in [6.45, 7) is 3.89. The molecule has 2 rings (SSSR count). The SMILES string of the molecule is Cc1ccc(C)n1Nc1nc[nH]c(=O)c1Cl. The minimum Gasteiger partial charge on any atom is -0.312 e. The first-order valence-electron chi connectivity index (χ1n) is 4.75. The Balaban J connectivity index is 2.42. The van der Waals surface area contributed by atoms with E-state index in [2.05, 4.69) is 15.4 Å². The lowest BCUT2D eigenvalue weighted by Crippen LogP contribution is -2.17. The van der Waals surface area contributed by atoms with Crippen molar-refractivity contribution in [1.29, 1.82) is 0 Å². The van der Waals surface area contributed by atoms with Crippen LogP contribution in [-0.4, -0.2) is 14.6 Å². The highest BCUT2D eigenvalue weighted by Crippen LogP contribution is 2.14. The first kappa shape index (κ1) is 10.8. The van der Waals surface area contributed by atoms with E-state index in [1.165, 1.54) is 6.33 Å². The van der Waals surface area contributed by atoms with Crippen LogP contribution in [0.15, 0.2) is 23.3 Å². The second kappa shape index (κ2) is 4.02. The van der Waals surface area contributed by atoms with Crippen LogP contribution in [0.2, 0.25) is 5.02 Å². The molecule has 84 valence electrons. The van der Waals surface area contributed by atoms with Crippen molar-refractivity contribution in [1.82, 2.24) is 14.6 Å². The molecule has 0 amide bonds. The number of halogens is 1. The van der Waals surface area contributed by atoms with Gasteiger partial charge in [0.1, 0.15) is 5.02 Å². The molecule has 0 saturated carbocycles. The number of nitrogens with zero attached hydrogens (tertiary/aromatic N) is 2. The van der Waals surface area contributed by atoms with E-state index in [4.69, 9.17) is 11.6 Å². The number of aryl methyl sites for hydroxylation is 2. The molecular weight excluding hydrogens is 228 g/mol. The molecule has 0 aliphatic carbocycles. The highest BCUT2D eigenvalue weighted by molar-refractivity contribution is 6.32. The number of aromatic nitrogens is 3. The third-order valence-electron chi connectivity index (χ3n) is 2.29. The van der Waals surface area contributed by atoms with Gasteiger partial charge in [0, 0.05) is 11.4 Å². The van der Waals surface area contributed by atoms with Gasteiger partial charge in [0.05, 0.1) is 6.33 Å². The minimum absolute atomic E-state index is 0.0509. The fourth-order valence-electron chi connectivity index (χ4n) is 1.41. The number of H-pyrrole nitrogens is 1. The van der Waals surface area contributed by atoms with Gasteiger partial charge in [0.15, 0.2) is 5.82 Å². The van der Waals surface area contributed by atoms with Crippen LogP contribution in [0.4, 0.5) is 5.82 Å². The molecule has 0 aliphatic rings. The third kappa shape index (κ3) is 1.81. The number of rotatable bonds is 2. The molecule has 0 radical (unpaired) electrons. The van der Waals surface area contributed by atoms with Gasteiger partial charge in [-0.3, -0.25) is 14.9 Å². The van der Waals surface area contributed by atoms with E-state index in [1.54, 1.807) is 0 Å². The molecule has 6 heteroatoms. The van der Waals surface area contributed by atoms with Crippen molar-refractivity contribution >= 4 is 17.4 Å². The van der Waals surface area contributed by atoms with Crippen LogP contribution < -0.4 is 11.0 Å². The number of hydrogen-bond acceptors (Lipinski definition) is 3. The zero-order chi connectivity index (χ0) is 11.7. The Kier molecular flexibility index (Phi) is 2.70. The predicted octanol–water partition coefficient (Wildman–Crippen LogP) is 1.72. The molecule has 5 nitrogen and oxygen atoms in total. The molecule has 2 N–H and O–H groups in total. The van der Waals surface area contributed by atoms with Gasteiger partial charge in [-0.2, -0.15) is 0 Å². The van der Waals surface area contributed by atoms with Crippen LogP contribution in [0.3, 0.4) is 0 Å². The fraction of sp³-hybridized carbons (Fsp3) is 0.200. The molecule has 0 saturated heterocycles. The molecule has 0 atom stereocenters. The first-order valence-corrected chi connectivity index (χ1v) is 5.12. The van der Waals surface area contributed by atoms with E-state index in [1.807, 2.05) is 30.7 Å². The van der Waals surface area contributed by atoms with E-state index in [0.717, 1.165) is 11.4 Å². The van der Waals surface area contributed by atoms with E-state index in [-0.39, 0.29) is 10.6 Å². The van der Waals surface area contributed by atoms with Crippen molar-refractivity contribution in [2.45, 2.75) is 13.8 Å². The summed E-state index contributed by atoms with van der Waals surface area (Å²) in [5.41, 5.74) is 4.64. The molecule has 2 heterocycles. The van der Waals surface area contributed by atoms with Gasteiger partial charge < -0.3 is 4.98 Å². The molecular formula is C10H11ClN4O. The van der Waals surface area contributed by atoms with Gasteiger partial charge >= 0.3 is 0 Å². The average molecular weight is 239 g/mol. The Morgan fingerprint density at radius 1 is 1.38 bits per heavy atom. The minimum atomic E-state index is -0.360. The Morgan fingerprint density at radius 2 is 2.00 bits per heavy atom. The smallest absolute Gasteiger partial charge is 0.271 e. The van der Waals surface area contributed by atoms with Crippen molar-refractivity contribution < 1.29 is 0 Å². The summed E-state index contributed by atoms with van der Waals surface area (Å²) in [4.78, 5) is 17.6. The quantitative estimate of drug-likeness (QED) is 0.837. The Morgan fingerprint density at radius 3 is 2.62 bits per heavy atom. The molecule has 0 spiro atoms. The first-order chi connectivity index (χ1) is 7.59. The second-order valence-corrected chi connectivity index (χ2v) is 3.84. The van der Waals surface area contributed by atoms with E-state index < -0.39 is 0 Å². The monoisotopic (exact) mass is 238 g/mol. The Bertz CT molecular complexity index is 553. The molecule has 0 bridgehead atoms. The van der Waals surface area contributed by atoms with Crippen LogP contribution in [0.5, 0.6) is 0 Å². The summed E-state index contributed by atoms with van der Waals surface area (Å²) in [5.74, 6) is 0.341. The zero-order valence-corrected chi connectivity index (χ0v) is 9.67. The summed E-state index contributed by atoms with van der Waals surface area (Å²) >= 11 is 5.83. The lowest BCUT2D eigenvalue weighted by Gasteiger charge is -2.11. The molecule has 16 heavy (non-hydrogen) atoms. The lowest BCUT2D eigenvalue weighted by atomic mass is 10.5. The molecule has 2 aromatic rings. The highest BCUT2D eigenvalue weighted by Gasteiger charge is 2.07. The lowest BCUT2D eigenvalue weighted by molar-refractivity contribution is 0.866. The number of hydrogen-bond donors (Lipinski definition) is 2.